The molecule has 1 fully saturated rings. The third-order valence-corrected chi connectivity index (χ3v) is 4.22. The standard InChI is InChI=1S/C13H14N4O3S/c1-7-4-10(8(2)20-7)13(3)11(18)17(12(19)15-13)6-9-5-14-16-21-9/h4-5H,6H2,1-3H3,(H,15,19). The summed E-state index contributed by atoms with van der Waals surface area (Å²) in [4.78, 5) is 26.8. The molecule has 1 unspecified atom stereocenters. The van der Waals surface area contributed by atoms with Gasteiger partial charge in [0.1, 0.15) is 17.1 Å². The Hall–Kier alpha value is -2.22. The molecule has 1 aliphatic rings. The second-order valence-corrected chi connectivity index (χ2v) is 6.03. The van der Waals surface area contributed by atoms with Gasteiger partial charge in [0.25, 0.3) is 5.91 Å². The van der Waals surface area contributed by atoms with Crippen molar-refractivity contribution in [3.63, 3.8) is 0 Å². The van der Waals surface area contributed by atoms with E-state index >= 15 is 0 Å². The van der Waals surface area contributed by atoms with Gasteiger partial charge in [-0.2, -0.15) is 0 Å². The van der Waals surface area contributed by atoms with E-state index in [1.165, 1.54) is 4.90 Å². The van der Waals surface area contributed by atoms with Crippen LogP contribution in [0.1, 0.15) is 28.9 Å². The summed E-state index contributed by atoms with van der Waals surface area (Å²) in [7, 11) is 0. The number of aryl methyl sites for hydroxylation is 2. The molecule has 3 rings (SSSR count). The predicted molar refractivity (Wildman–Crippen MR) is 74.5 cm³/mol. The molecule has 0 aromatic carbocycles. The lowest BCUT2D eigenvalue weighted by molar-refractivity contribution is -0.131. The molecule has 0 aliphatic carbocycles. The Bertz CT molecular complexity index is 709. The zero-order chi connectivity index (χ0) is 15.2. The molecule has 7 nitrogen and oxygen atoms in total. The Balaban J connectivity index is 1.94. The topological polar surface area (TPSA) is 88.3 Å². The van der Waals surface area contributed by atoms with Crippen LogP contribution in [-0.4, -0.2) is 26.4 Å². The SMILES string of the molecule is Cc1cc(C2(C)NC(=O)N(Cc3cnns3)C2=O)c(C)o1. The third-order valence-electron chi connectivity index (χ3n) is 3.58. The molecule has 2 aromatic heterocycles. The number of furan rings is 1. The summed E-state index contributed by atoms with van der Waals surface area (Å²) in [6.45, 7) is 5.45. The highest BCUT2D eigenvalue weighted by Gasteiger charge is 2.50. The van der Waals surface area contributed by atoms with Gasteiger partial charge in [0.2, 0.25) is 0 Å². The zero-order valence-electron chi connectivity index (χ0n) is 11.8. The number of aromatic nitrogens is 2. The first-order valence-corrected chi connectivity index (χ1v) is 7.17. The van der Waals surface area contributed by atoms with Crippen molar-refractivity contribution in [3.8, 4) is 0 Å². The maximum absolute atomic E-state index is 12.7. The van der Waals surface area contributed by atoms with Gasteiger partial charge in [0.15, 0.2) is 0 Å². The molecule has 3 heterocycles. The molecule has 2 aromatic rings. The van der Waals surface area contributed by atoms with Gasteiger partial charge in [0, 0.05) is 5.56 Å². The maximum atomic E-state index is 12.7. The van der Waals surface area contributed by atoms with Crippen LogP contribution in [0, 0.1) is 13.8 Å². The lowest BCUT2D eigenvalue weighted by atomic mass is 9.92. The molecule has 1 saturated heterocycles. The molecule has 0 spiro atoms. The maximum Gasteiger partial charge on any atom is 0.325 e. The number of imide groups is 1. The van der Waals surface area contributed by atoms with Crippen molar-refractivity contribution >= 4 is 23.5 Å². The molecular weight excluding hydrogens is 292 g/mol. The first kappa shape index (κ1) is 13.7. The van der Waals surface area contributed by atoms with Gasteiger partial charge in [-0.1, -0.05) is 4.49 Å². The third kappa shape index (κ3) is 2.11. The Morgan fingerprint density at radius 1 is 1.43 bits per heavy atom. The molecule has 0 radical (unpaired) electrons. The number of hydrogen-bond donors (Lipinski definition) is 1. The van der Waals surface area contributed by atoms with Crippen molar-refractivity contribution in [2.24, 2.45) is 0 Å². The fourth-order valence-corrected chi connectivity index (χ4v) is 3.04. The number of nitrogens with one attached hydrogen (secondary N) is 1. The quantitative estimate of drug-likeness (QED) is 0.872. The summed E-state index contributed by atoms with van der Waals surface area (Å²) in [5, 5.41) is 6.46. The lowest BCUT2D eigenvalue weighted by Crippen LogP contribution is -2.41. The van der Waals surface area contributed by atoms with E-state index < -0.39 is 11.6 Å². The molecule has 21 heavy (non-hydrogen) atoms. The number of carbonyl (C=O) groups excluding carboxylic acids is 2. The van der Waals surface area contributed by atoms with Crippen LogP contribution in [0.25, 0.3) is 0 Å². The molecule has 1 atom stereocenters. The van der Waals surface area contributed by atoms with E-state index in [0.29, 0.717) is 17.1 Å². The van der Waals surface area contributed by atoms with E-state index in [-0.39, 0.29) is 12.5 Å². The van der Waals surface area contributed by atoms with Crippen LogP contribution in [0.3, 0.4) is 0 Å². The van der Waals surface area contributed by atoms with Gasteiger partial charge < -0.3 is 9.73 Å². The minimum absolute atomic E-state index is 0.174. The minimum Gasteiger partial charge on any atom is -0.466 e. The normalized spacial score (nSPS) is 22.0. The lowest BCUT2D eigenvalue weighted by Gasteiger charge is -2.20. The number of hydrogen-bond acceptors (Lipinski definition) is 6. The number of nitrogens with zero attached hydrogens (tertiary/aromatic N) is 3. The van der Waals surface area contributed by atoms with Crippen LogP contribution >= 0.6 is 11.5 Å². The average Bonchev–Trinajstić information content (AvgIpc) is 3.08. The van der Waals surface area contributed by atoms with E-state index in [0.717, 1.165) is 16.4 Å². The molecule has 1 aliphatic heterocycles. The Morgan fingerprint density at radius 3 is 2.76 bits per heavy atom. The van der Waals surface area contributed by atoms with E-state index in [1.807, 2.05) is 6.92 Å². The number of carbonyl (C=O) groups is 2. The first-order valence-electron chi connectivity index (χ1n) is 6.39. The van der Waals surface area contributed by atoms with Crippen molar-refractivity contribution in [2.75, 3.05) is 0 Å². The number of amides is 3. The van der Waals surface area contributed by atoms with Crippen LogP contribution in [-0.2, 0) is 16.9 Å². The summed E-state index contributed by atoms with van der Waals surface area (Å²) in [5.74, 6) is 1.03. The highest BCUT2D eigenvalue weighted by Crippen LogP contribution is 2.33. The van der Waals surface area contributed by atoms with E-state index in [9.17, 15) is 9.59 Å². The second kappa shape index (κ2) is 4.66. The molecule has 1 N–H and O–H groups in total. The minimum atomic E-state index is -1.10. The van der Waals surface area contributed by atoms with Gasteiger partial charge >= 0.3 is 6.03 Å². The monoisotopic (exact) mass is 306 g/mol. The molecule has 3 amide bonds. The average molecular weight is 306 g/mol. The van der Waals surface area contributed by atoms with Crippen LogP contribution in [0.15, 0.2) is 16.7 Å². The summed E-state index contributed by atoms with van der Waals surface area (Å²) in [5.41, 5.74) is -0.417. The van der Waals surface area contributed by atoms with Gasteiger partial charge in [-0.15, -0.1) is 5.10 Å². The summed E-state index contributed by atoms with van der Waals surface area (Å²) < 4.78 is 9.21. The van der Waals surface area contributed by atoms with Crippen LogP contribution in [0.2, 0.25) is 0 Å². The summed E-state index contributed by atoms with van der Waals surface area (Å²) in [6, 6.07) is 1.36. The molecule has 0 saturated carbocycles. The smallest absolute Gasteiger partial charge is 0.325 e. The first-order chi connectivity index (χ1) is 9.91. The number of rotatable bonds is 3. The fourth-order valence-electron chi connectivity index (χ4n) is 2.56. The van der Waals surface area contributed by atoms with E-state index in [4.69, 9.17) is 4.42 Å². The van der Waals surface area contributed by atoms with Crippen molar-refractivity contribution in [1.82, 2.24) is 19.8 Å². The predicted octanol–water partition coefficient (Wildman–Crippen LogP) is 1.72. The largest absolute Gasteiger partial charge is 0.466 e. The molecule has 0 bridgehead atoms. The van der Waals surface area contributed by atoms with Crippen LogP contribution in [0.5, 0.6) is 0 Å². The van der Waals surface area contributed by atoms with Gasteiger partial charge in [-0.05, 0) is 38.4 Å². The molecule has 110 valence electrons. The van der Waals surface area contributed by atoms with Gasteiger partial charge in [-0.25, -0.2) is 4.79 Å². The Morgan fingerprint density at radius 2 is 2.19 bits per heavy atom. The highest BCUT2D eigenvalue weighted by atomic mass is 32.1. The molecular formula is C13H14N4O3S. The van der Waals surface area contributed by atoms with Crippen molar-refractivity contribution in [3.05, 3.63) is 34.2 Å². The fraction of sp³-hybridized carbons (Fsp3) is 0.385. The van der Waals surface area contributed by atoms with Crippen molar-refractivity contribution < 1.29 is 14.0 Å². The highest BCUT2D eigenvalue weighted by molar-refractivity contribution is 7.05. The van der Waals surface area contributed by atoms with Gasteiger partial charge in [0.05, 0.1) is 17.6 Å². The second-order valence-electron chi connectivity index (χ2n) is 5.16. The Labute approximate surface area is 125 Å². The van der Waals surface area contributed by atoms with Crippen molar-refractivity contribution in [2.45, 2.75) is 32.9 Å². The van der Waals surface area contributed by atoms with Crippen LogP contribution < -0.4 is 5.32 Å². The molecule has 8 heteroatoms. The van der Waals surface area contributed by atoms with Crippen LogP contribution in [0.4, 0.5) is 4.79 Å². The summed E-state index contributed by atoms with van der Waals surface area (Å²) in [6.07, 6.45) is 1.55. The van der Waals surface area contributed by atoms with E-state index in [1.54, 1.807) is 26.1 Å². The van der Waals surface area contributed by atoms with E-state index in [2.05, 4.69) is 14.9 Å². The summed E-state index contributed by atoms with van der Waals surface area (Å²) >= 11 is 1.16. The van der Waals surface area contributed by atoms with Crippen molar-refractivity contribution in [1.29, 1.82) is 0 Å². The van der Waals surface area contributed by atoms with Gasteiger partial charge in [-0.3, -0.25) is 9.69 Å². The Kier molecular flexibility index (Phi) is 3.05. The number of urea groups is 1. The zero-order valence-corrected chi connectivity index (χ0v) is 12.7.